The number of hydrogen-bond donors (Lipinski definition) is 2. The summed E-state index contributed by atoms with van der Waals surface area (Å²) >= 11 is 0. The third-order valence-corrected chi connectivity index (χ3v) is 2.94. The molecular formula is C14H22N2O. The van der Waals surface area contributed by atoms with E-state index in [4.69, 9.17) is 0 Å². The number of carbonyl (C=O) groups excluding carboxylic acids is 1. The van der Waals surface area contributed by atoms with E-state index in [1.54, 1.807) is 0 Å². The molecule has 2 N–H and O–H groups in total. The number of benzene rings is 1. The summed E-state index contributed by atoms with van der Waals surface area (Å²) in [5.74, 6) is 0.112. The van der Waals surface area contributed by atoms with Gasteiger partial charge in [-0.15, -0.1) is 0 Å². The second-order valence-electron chi connectivity index (χ2n) is 4.24. The van der Waals surface area contributed by atoms with Gasteiger partial charge in [-0.3, -0.25) is 4.79 Å². The summed E-state index contributed by atoms with van der Waals surface area (Å²) in [6.45, 7) is 8.44. The van der Waals surface area contributed by atoms with Gasteiger partial charge in [0.1, 0.15) is 0 Å². The molecule has 1 aromatic carbocycles. The van der Waals surface area contributed by atoms with Crippen LogP contribution in [0.5, 0.6) is 0 Å². The zero-order chi connectivity index (χ0) is 12.7. The molecule has 3 heteroatoms. The van der Waals surface area contributed by atoms with Crippen molar-refractivity contribution in [2.45, 2.75) is 33.7 Å². The number of nitrogens with one attached hydrogen (secondary N) is 2. The van der Waals surface area contributed by atoms with Gasteiger partial charge in [0, 0.05) is 26.1 Å². The average molecular weight is 234 g/mol. The van der Waals surface area contributed by atoms with Crippen LogP contribution in [0.1, 0.15) is 30.0 Å². The lowest BCUT2D eigenvalue weighted by molar-refractivity contribution is -0.120. The van der Waals surface area contributed by atoms with Gasteiger partial charge in [-0.05, 0) is 37.5 Å². The van der Waals surface area contributed by atoms with E-state index >= 15 is 0 Å². The third-order valence-electron chi connectivity index (χ3n) is 2.94. The fourth-order valence-corrected chi connectivity index (χ4v) is 1.71. The van der Waals surface area contributed by atoms with Gasteiger partial charge in [0.25, 0.3) is 0 Å². The van der Waals surface area contributed by atoms with Gasteiger partial charge < -0.3 is 10.6 Å². The maximum absolute atomic E-state index is 11.2. The van der Waals surface area contributed by atoms with Gasteiger partial charge >= 0.3 is 0 Å². The molecule has 0 aromatic heterocycles. The van der Waals surface area contributed by atoms with Crippen LogP contribution >= 0.6 is 0 Å². The van der Waals surface area contributed by atoms with Crippen LogP contribution in [0.3, 0.4) is 0 Å². The van der Waals surface area contributed by atoms with Crippen molar-refractivity contribution >= 4 is 5.91 Å². The highest BCUT2D eigenvalue weighted by Gasteiger charge is 2.01. The quantitative estimate of drug-likeness (QED) is 0.738. The van der Waals surface area contributed by atoms with Crippen LogP contribution in [-0.2, 0) is 11.3 Å². The molecule has 0 radical (unpaired) electrons. The minimum absolute atomic E-state index is 0.112. The smallest absolute Gasteiger partial charge is 0.221 e. The lowest BCUT2D eigenvalue weighted by Crippen LogP contribution is -2.27. The SMILES string of the molecule is CCNC(=O)CCNCc1cccc(C)c1C. The first-order valence-electron chi connectivity index (χ1n) is 6.17. The fourth-order valence-electron chi connectivity index (χ4n) is 1.71. The molecule has 0 fully saturated rings. The number of carbonyl (C=O) groups is 1. The van der Waals surface area contributed by atoms with E-state index in [0.29, 0.717) is 13.0 Å². The highest BCUT2D eigenvalue weighted by Crippen LogP contribution is 2.11. The zero-order valence-corrected chi connectivity index (χ0v) is 11.0. The lowest BCUT2D eigenvalue weighted by atomic mass is 10.0. The zero-order valence-electron chi connectivity index (χ0n) is 11.0. The molecule has 0 saturated heterocycles. The van der Waals surface area contributed by atoms with Gasteiger partial charge in [0.15, 0.2) is 0 Å². The highest BCUT2D eigenvalue weighted by molar-refractivity contribution is 5.75. The largest absolute Gasteiger partial charge is 0.356 e. The number of amides is 1. The van der Waals surface area contributed by atoms with E-state index in [2.05, 4.69) is 42.7 Å². The average Bonchev–Trinajstić information content (AvgIpc) is 2.30. The molecule has 0 atom stereocenters. The van der Waals surface area contributed by atoms with E-state index in [1.165, 1.54) is 16.7 Å². The first kappa shape index (κ1) is 13.7. The summed E-state index contributed by atoms with van der Waals surface area (Å²) in [7, 11) is 0. The number of aryl methyl sites for hydroxylation is 1. The maximum Gasteiger partial charge on any atom is 0.221 e. The Balaban J connectivity index is 2.31. The molecule has 0 aliphatic heterocycles. The van der Waals surface area contributed by atoms with E-state index in [0.717, 1.165) is 13.1 Å². The molecule has 0 aliphatic rings. The van der Waals surface area contributed by atoms with Crippen molar-refractivity contribution in [1.29, 1.82) is 0 Å². The number of rotatable bonds is 6. The Labute approximate surface area is 104 Å². The van der Waals surface area contributed by atoms with E-state index < -0.39 is 0 Å². The molecular weight excluding hydrogens is 212 g/mol. The summed E-state index contributed by atoms with van der Waals surface area (Å²) < 4.78 is 0. The highest BCUT2D eigenvalue weighted by atomic mass is 16.1. The number of hydrogen-bond acceptors (Lipinski definition) is 2. The van der Waals surface area contributed by atoms with Crippen molar-refractivity contribution in [2.24, 2.45) is 0 Å². The van der Waals surface area contributed by atoms with Gasteiger partial charge in [0.2, 0.25) is 5.91 Å². The van der Waals surface area contributed by atoms with Crippen LogP contribution in [0.2, 0.25) is 0 Å². The standard InChI is InChI=1S/C14H22N2O/c1-4-16-14(17)8-9-15-10-13-7-5-6-11(2)12(13)3/h5-7,15H,4,8-10H2,1-3H3,(H,16,17). The Morgan fingerprint density at radius 3 is 2.76 bits per heavy atom. The van der Waals surface area contributed by atoms with Crippen LogP contribution < -0.4 is 10.6 Å². The Hall–Kier alpha value is -1.35. The molecule has 0 unspecified atom stereocenters. The Kier molecular flexibility index (Phi) is 5.70. The minimum atomic E-state index is 0.112. The van der Waals surface area contributed by atoms with Crippen molar-refractivity contribution in [1.82, 2.24) is 10.6 Å². The Morgan fingerprint density at radius 2 is 2.06 bits per heavy atom. The molecule has 1 rings (SSSR count). The molecule has 3 nitrogen and oxygen atoms in total. The van der Waals surface area contributed by atoms with Crippen molar-refractivity contribution in [2.75, 3.05) is 13.1 Å². The predicted octanol–water partition coefficient (Wildman–Crippen LogP) is 1.92. The van der Waals surface area contributed by atoms with Gasteiger partial charge in [-0.2, -0.15) is 0 Å². The minimum Gasteiger partial charge on any atom is -0.356 e. The molecule has 17 heavy (non-hydrogen) atoms. The molecule has 0 spiro atoms. The van der Waals surface area contributed by atoms with E-state index in [-0.39, 0.29) is 5.91 Å². The molecule has 1 amide bonds. The van der Waals surface area contributed by atoms with Gasteiger partial charge in [0.05, 0.1) is 0 Å². The maximum atomic E-state index is 11.2. The molecule has 0 bridgehead atoms. The molecule has 94 valence electrons. The van der Waals surface area contributed by atoms with Crippen molar-refractivity contribution in [3.05, 3.63) is 34.9 Å². The molecule has 0 saturated carbocycles. The molecule has 0 aliphatic carbocycles. The monoisotopic (exact) mass is 234 g/mol. The van der Waals surface area contributed by atoms with Crippen molar-refractivity contribution in [3.8, 4) is 0 Å². The van der Waals surface area contributed by atoms with Crippen LogP contribution in [0.15, 0.2) is 18.2 Å². The topological polar surface area (TPSA) is 41.1 Å². The summed E-state index contributed by atoms with van der Waals surface area (Å²) in [4.78, 5) is 11.2. The Morgan fingerprint density at radius 1 is 1.29 bits per heavy atom. The van der Waals surface area contributed by atoms with Crippen molar-refractivity contribution in [3.63, 3.8) is 0 Å². The summed E-state index contributed by atoms with van der Waals surface area (Å²) in [5, 5.41) is 6.08. The van der Waals surface area contributed by atoms with E-state index in [1.807, 2.05) is 6.92 Å². The first-order valence-corrected chi connectivity index (χ1v) is 6.17. The second-order valence-corrected chi connectivity index (χ2v) is 4.24. The first-order chi connectivity index (χ1) is 8.15. The summed E-state index contributed by atoms with van der Waals surface area (Å²) in [6, 6.07) is 6.32. The normalized spacial score (nSPS) is 10.3. The van der Waals surface area contributed by atoms with Crippen molar-refractivity contribution < 1.29 is 4.79 Å². The predicted molar refractivity (Wildman–Crippen MR) is 70.9 cm³/mol. The summed E-state index contributed by atoms with van der Waals surface area (Å²) in [5.41, 5.74) is 3.95. The van der Waals surface area contributed by atoms with E-state index in [9.17, 15) is 4.79 Å². The lowest BCUT2D eigenvalue weighted by Gasteiger charge is -2.09. The molecule has 1 aromatic rings. The van der Waals surface area contributed by atoms with Crippen LogP contribution in [0, 0.1) is 13.8 Å². The Bertz CT molecular complexity index is 374. The molecule has 0 heterocycles. The van der Waals surface area contributed by atoms with Crippen LogP contribution in [-0.4, -0.2) is 19.0 Å². The van der Waals surface area contributed by atoms with Gasteiger partial charge in [-0.25, -0.2) is 0 Å². The third kappa shape index (κ3) is 4.57. The van der Waals surface area contributed by atoms with Gasteiger partial charge in [-0.1, -0.05) is 18.2 Å². The second kappa shape index (κ2) is 7.07. The van der Waals surface area contributed by atoms with Crippen LogP contribution in [0.25, 0.3) is 0 Å². The summed E-state index contributed by atoms with van der Waals surface area (Å²) in [6.07, 6.45) is 0.540. The van der Waals surface area contributed by atoms with Crippen LogP contribution in [0.4, 0.5) is 0 Å². The fraction of sp³-hybridized carbons (Fsp3) is 0.500.